The fourth-order valence-electron chi connectivity index (χ4n) is 7.60. The molecule has 3 heterocycles. The Labute approximate surface area is 320 Å². The molecule has 0 spiro atoms. The summed E-state index contributed by atoms with van der Waals surface area (Å²) in [5.41, 5.74) is 9.11. The van der Waals surface area contributed by atoms with Gasteiger partial charge in [-0.1, -0.05) is 122 Å². The van der Waals surface area contributed by atoms with E-state index in [4.69, 9.17) is 9.72 Å². The first-order valence-electron chi connectivity index (χ1n) is 19.0. The predicted molar refractivity (Wildman–Crippen MR) is 226 cm³/mol. The molecule has 0 aliphatic carbocycles. The molecule has 54 heavy (non-hydrogen) atoms. The Bertz CT molecular complexity index is 2510. The number of hydrogen-bond donors (Lipinski definition) is 0. The summed E-state index contributed by atoms with van der Waals surface area (Å²) < 4.78 is 9.33. The Balaban J connectivity index is 1.21. The third-order valence-corrected chi connectivity index (χ3v) is 11.0. The zero-order valence-corrected chi connectivity index (χ0v) is 32.8. The molecule has 0 unspecified atom stereocenters. The maximum Gasteiger partial charge on any atom is 0.137 e. The molecule has 0 saturated carbocycles. The lowest BCUT2D eigenvalue weighted by molar-refractivity contribution is 0.462. The van der Waals surface area contributed by atoms with Gasteiger partial charge in [-0.15, -0.1) is 0 Å². The van der Waals surface area contributed by atoms with Gasteiger partial charge in [0.2, 0.25) is 0 Å². The van der Waals surface area contributed by atoms with Crippen LogP contribution in [0.3, 0.4) is 0 Å². The third kappa shape index (κ3) is 6.53. The number of nitrogens with zero attached hydrogens (tertiary/aromatic N) is 4. The Morgan fingerprint density at radius 1 is 0.537 bits per heavy atom. The van der Waals surface area contributed by atoms with Crippen LogP contribution in [0, 0.1) is 0 Å². The SMILES string of the molecule is CC(C)(C)c1cccc(N2C=CN(c3ccc(C(C)(C)c4ccccc4)c(Oc4ccc5c6ccccc6n(-c6cc(C(C)(C)C)ccn6)c5c4)c3)C2)c1. The first kappa shape index (κ1) is 35.2. The molecule has 0 bridgehead atoms. The number of para-hydroxylation sites is 1. The summed E-state index contributed by atoms with van der Waals surface area (Å²) in [6.07, 6.45) is 6.25. The molecule has 0 N–H and O–H groups in total. The molecule has 5 aromatic carbocycles. The second kappa shape index (κ2) is 13.2. The maximum absolute atomic E-state index is 7.06. The van der Waals surface area contributed by atoms with E-state index in [0.29, 0.717) is 6.67 Å². The van der Waals surface area contributed by atoms with Crippen molar-refractivity contribution in [3.8, 4) is 17.3 Å². The second-order valence-corrected chi connectivity index (χ2v) is 17.1. The van der Waals surface area contributed by atoms with E-state index < -0.39 is 0 Å². The van der Waals surface area contributed by atoms with Crippen LogP contribution < -0.4 is 14.5 Å². The molecule has 0 saturated heterocycles. The molecule has 1 aliphatic heterocycles. The number of benzene rings is 5. The van der Waals surface area contributed by atoms with Crippen molar-refractivity contribution >= 4 is 33.2 Å². The lowest BCUT2D eigenvalue weighted by Crippen LogP contribution is -2.25. The van der Waals surface area contributed by atoms with Gasteiger partial charge in [0.05, 0.1) is 17.7 Å². The topological polar surface area (TPSA) is 33.5 Å². The summed E-state index contributed by atoms with van der Waals surface area (Å²) >= 11 is 0. The summed E-state index contributed by atoms with van der Waals surface area (Å²) in [6.45, 7) is 18.8. The number of aromatic nitrogens is 2. The average Bonchev–Trinajstić information content (AvgIpc) is 3.78. The highest BCUT2D eigenvalue weighted by atomic mass is 16.5. The van der Waals surface area contributed by atoms with Crippen molar-refractivity contribution in [3.05, 3.63) is 168 Å². The van der Waals surface area contributed by atoms with Crippen LogP contribution in [0.2, 0.25) is 0 Å². The monoisotopic (exact) mass is 710 g/mol. The van der Waals surface area contributed by atoms with E-state index in [2.05, 4.69) is 210 Å². The normalized spacial score (nSPS) is 13.7. The van der Waals surface area contributed by atoms with Crippen molar-refractivity contribution in [3.63, 3.8) is 0 Å². The summed E-state index contributed by atoms with van der Waals surface area (Å²) in [5.74, 6) is 2.51. The van der Waals surface area contributed by atoms with Gasteiger partial charge in [0.1, 0.15) is 17.3 Å². The average molecular weight is 711 g/mol. The molecule has 7 aromatic rings. The van der Waals surface area contributed by atoms with Crippen LogP contribution in [0.25, 0.3) is 27.6 Å². The van der Waals surface area contributed by atoms with Crippen LogP contribution in [0.1, 0.15) is 77.6 Å². The molecule has 0 fully saturated rings. The number of ether oxygens (including phenoxy) is 1. The van der Waals surface area contributed by atoms with Gasteiger partial charge < -0.3 is 14.5 Å². The summed E-state index contributed by atoms with van der Waals surface area (Å²) in [6, 6.07) is 45.6. The van der Waals surface area contributed by atoms with Gasteiger partial charge in [0, 0.05) is 63.9 Å². The molecular weight excluding hydrogens is 661 g/mol. The minimum Gasteiger partial charge on any atom is -0.457 e. The lowest BCUT2D eigenvalue weighted by atomic mass is 9.77. The summed E-state index contributed by atoms with van der Waals surface area (Å²) in [4.78, 5) is 9.48. The van der Waals surface area contributed by atoms with E-state index >= 15 is 0 Å². The third-order valence-electron chi connectivity index (χ3n) is 11.0. The molecule has 8 rings (SSSR count). The minimum atomic E-state index is -0.314. The highest BCUT2D eigenvalue weighted by molar-refractivity contribution is 6.09. The fraction of sp³-hybridized carbons (Fsp3) is 0.245. The van der Waals surface area contributed by atoms with Crippen LogP contribution >= 0.6 is 0 Å². The molecule has 272 valence electrons. The quantitative estimate of drug-likeness (QED) is 0.165. The van der Waals surface area contributed by atoms with Crippen molar-refractivity contribution < 1.29 is 4.74 Å². The molecule has 0 radical (unpaired) electrons. The van der Waals surface area contributed by atoms with Crippen LogP contribution in [0.4, 0.5) is 11.4 Å². The van der Waals surface area contributed by atoms with E-state index in [1.165, 1.54) is 27.8 Å². The standard InChI is InChI=1S/C49H50N4O/c1-47(2,3)35-17-14-18-37(29-35)51-27-28-52(33-51)38-21-24-42(49(7,8)34-15-10-9-11-16-34)45(31-38)54-39-22-23-41-40-19-12-13-20-43(40)53(44(41)32-39)46-30-36(25-26-50-46)48(4,5)6/h9-32H,33H2,1-8H3. The highest BCUT2D eigenvalue weighted by Crippen LogP contribution is 2.43. The number of hydrogen-bond acceptors (Lipinski definition) is 4. The van der Waals surface area contributed by atoms with Crippen LogP contribution in [0.15, 0.2) is 146 Å². The Morgan fingerprint density at radius 2 is 1.19 bits per heavy atom. The zero-order chi connectivity index (χ0) is 37.8. The molecule has 0 amide bonds. The second-order valence-electron chi connectivity index (χ2n) is 17.1. The van der Waals surface area contributed by atoms with Crippen molar-refractivity contribution in [1.82, 2.24) is 9.55 Å². The Morgan fingerprint density at radius 3 is 1.93 bits per heavy atom. The van der Waals surface area contributed by atoms with Gasteiger partial charge in [0.15, 0.2) is 0 Å². The molecule has 5 nitrogen and oxygen atoms in total. The van der Waals surface area contributed by atoms with Gasteiger partial charge >= 0.3 is 0 Å². The predicted octanol–water partition coefficient (Wildman–Crippen LogP) is 12.6. The first-order valence-corrected chi connectivity index (χ1v) is 19.0. The smallest absolute Gasteiger partial charge is 0.137 e. The number of anilines is 2. The molecule has 5 heteroatoms. The highest BCUT2D eigenvalue weighted by Gasteiger charge is 2.29. The Hall–Kier alpha value is -5.81. The largest absolute Gasteiger partial charge is 0.457 e. The number of fused-ring (bicyclic) bond motifs is 3. The van der Waals surface area contributed by atoms with Gasteiger partial charge in [-0.3, -0.25) is 4.57 Å². The van der Waals surface area contributed by atoms with E-state index in [1.807, 2.05) is 6.20 Å². The van der Waals surface area contributed by atoms with Gasteiger partial charge in [-0.25, -0.2) is 4.98 Å². The molecular formula is C49H50N4O. The summed E-state index contributed by atoms with van der Waals surface area (Å²) in [5, 5.41) is 2.35. The van der Waals surface area contributed by atoms with Crippen LogP contribution in [0.5, 0.6) is 11.5 Å². The van der Waals surface area contributed by atoms with Crippen LogP contribution in [-0.4, -0.2) is 16.2 Å². The van der Waals surface area contributed by atoms with E-state index in [0.717, 1.165) is 45.0 Å². The lowest BCUT2D eigenvalue weighted by Gasteiger charge is -2.30. The molecule has 2 aromatic heterocycles. The van der Waals surface area contributed by atoms with Crippen LogP contribution in [-0.2, 0) is 16.2 Å². The van der Waals surface area contributed by atoms with E-state index in [9.17, 15) is 0 Å². The van der Waals surface area contributed by atoms with Crippen molar-refractivity contribution in [1.29, 1.82) is 0 Å². The van der Waals surface area contributed by atoms with E-state index in [-0.39, 0.29) is 16.2 Å². The van der Waals surface area contributed by atoms with Crippen molar-refractivity contribution in [2.24, 2.45) is 0 Å². The zero-order valence-electron chi connectivity index (χ0n) is 32.8. The minimum absolute atomic E-state index is 0.00425. The van der Waals surface area contributed by atoms with Gasteiger partial charge in [-0.05, 0) is 76.1 Å². The van der Waals surface area contributed by atoms with E-state index in [1.54, 1.807) is 0 Å². The first-order chi connectivity index (χ1) is 25.8. The molecule has 1 aliphatic rings. The van der Waals surface area contributed by atoms with Crippen molar-refractivity contribution in [2.45, 2.75) is 71.6 Å². The van der Waals surface area contributed by atoms with Crippen molar-refractivity contribution in [2.75, 3.05) is 16.5 Å². The van der Waals surface area contributed by atoms with Gasteiger partial charge in [-0.2, -0.15) is 0 Å². The Kier molecular flexibility index (Phi) is 8.64. The summed E-state index contributed by atoms with van der Waals surface area (Å²) in [7, 11) is 0. The van der Waals surface area contributed by atoms with Gasteiger partial charge in [0.25, 0.3) is 0 Å². The maximum atomic E-state index is 7.06. The fourth-order valence-corrected chi connectivity index (χ4v) is 7.60. The number of rotatable bonds is 7. The molecule has 0 atom stereocenters. The number of pyridine rings is 1.